The van der Waals surface area contributed by atoms with Crippen LogP contribution in [-0.4, -0.2) is 37.7 Å². The molecule has 1 heterocycles. The quantitative estimate of drug-likeness (QED) is 0.312. The Morgan fingerprint density at radius 2 is 1.89 bits per heavy atom. The normalized spacial score (nSPS) is 11.6. The number of sulfonamides is 1. The summed E-state index contributed by atoms with van der Waals surface area (Å²) in [5.41, 5.74) is 3.39. The zero-order chi connectivity index (χ0) is 14.5. The third kappa shape index (κ3) is 4.97. The van der Waals surface area contributed by atoms with Gasteiger partial charge in [-0.3, -0.25) is 0 Å². The Morgan fingerprint density at radius 3 is 2.42 bits per heavy atom. The van der Waals surface area contributed by atoms with Crippen molar-refractivity contribution >= 4 is 21.7 Å². The van der Waals surface area contributed by atoms with E-state index in [0.29, 0.717) is 18.2 Å². The molecule has 5 N–H and O–H groups in total. The number of nitrogens with zero attached hydrogens (tertiary/aromatic N) is 2. The van der Waals surface area contributed by atoms with Crippen LogP contribution >= 0.6 is 0 Å². The van der Waals surface area contributed by atoms with E-state index in [1.165, 1.54) is 6.33 Å². The summed E-state index contributed by atoms with van der Waals surface area (Å²) in [5.74, 6) is 6.79. The van der Waals surface area contributed by atoms with Crippen molar-refractivity contribution in [1.82, 2.24) is 14.7 Å². The molecular weight excluding hydrogens is 268 g/mol. The summed E-state index contributed by atoms with van der Waals surface area (Å²) in [6, 6.07) is 0. The molecule has 0 spiro atoms. The molecule has 19 heavy (non-hydrogen) atoms. The predicted molar refractivity (Wildman–Crippen MR) is 75.3 cm³/mol. The standard InChI is InChI=1S/C10H20N6O2S/c1-7(2)8-9(13-6-14-10(8)16-11)12-4-5-15-19(3,17)18/h6-7,15H,4-5,11H2,1-3H3,(H2,12,13,14,16). The van der Waals surface area contributed by atoms with E-state index in [9.17, 15) is 8.42 Å². The lowest BCUT2D eigenvalue weighted by molar-refractivity contribution is 0.589. The molecule has 0 saturated carbocycles. The first-order valence-corrected chi connectivity index (χ1v) is 7.74. The third-order valence-electron chi connectivity index (χ3n) is 2.38. The molecule has 1 rings (SSSR count). The molecule has 0 aliphatic rings. The minimum atomic E-state index is -3.17. The van der Waals surface area contributed by atoms with Crippen LogP contribution in [0.25, 0.3) is 0 Å². The van der Waals surface area contributed by atoms with Crippen molar-refractivity contribution in [2.75, 3.05) is 30.1 Å². The van der Waals surface area contributed by atoms with Gasteiger partial charge in [-0.25, -0.2) is 29.0 Å². The molecule has 0 saturated heterocycles. The number of hydrogen-bond donors (Lipinski definition) is 4. The monoisotopic (exact) mass is 288 g/mol. The molecule has 0 aliphatic carbocycles. The Bertz CT molecular complexity index is 517. The highest BCUT2D eigenvalue weighted by molar-refractivity contribution is 7.88. The maximum atomic E-state index is 10.9. The summed E-state index contributed by atoms with van der Waals surface area (Å²) in [4.78, 5) is 8.20. The first-order valence-electron chi connectivity index (χ1n) is 5.85. The average molecular weight is 288 g/mol. The summed E-state index contributed by atoms with van der Waals surface area (Å²) in [5, 5.41) is 3.07. The van der Waals surface area contributed by atoms with Crippen LogP contribution in [0.3, 0.4) is 0 Å². The van der Waals surface area contributed by atoms with E-state index in [1.807, 2.05) is 13.8 Å². The van der Waals surface area contributed by atoms with Gasteiger partial charge in [-0.15, -0.1) is 0 Å². The summed E-state index contributed by atoms with van der Waals surface area (Å²) in [7, 11) is -3.17. The van der Waals surface area contributed by atoms with Crippen molar-refractivity contribution in [2.24, 2.45) is 5.84 Å². The second-order valence-corrected chi connectivity index (χ2v) is 6.21. The molecule has 0 fully saturated rings. The lowest BCUT2D eigenvalue weighted by atomic mass is 10.0. The number of hydrazine groups is 1. The van der Waals surface area contributed by atoms with E-state index >= 15 is 0 Å². The van der Waals surface area contributed by atoms with Crippen molar-refractivity contribution in [2.45, 2.75) is 19.8 Å². The van der Waals surface area contributed by atoms with Crippen LogP contribution in [0.5, 0.6) is 0 Å². The Morgan fingerprint density at radius 1 is 1.26 bits per heavy atom. The zero-order valence-electron chi connectivity index (χ0n) is 11.3. The van der Waals surface area contributed by atoms with E-state index in [1.54, 1.807) is 0 Å². The van der Waals surface area contributed by atoms with Crippen LogP contribution in [0.1, 0.15) is 25.3 Å². The van der Waals surface area contributed by atoms with E-state index in [-0.39, 0.29) is 12.5 Å². The van der Waals surface area contributed by atoms with Gasteiger partial charge in [0.15, 0.2) is 0 Å². The van der Waals surface area contributed by atoms with Gasteiger partial charge in [0.2, 0.25) is 10.0 Å². The third-order valence-corrected chi connectivity index (χ3v) is 3.11. The average Bonchev–Trinajstić information content (AvgIpc) is 2.32. The second kappa shape index (κ2) is 6.64. The number of anilines is 2. The van der Waals surface area contributed by atoms with Crippen LogP contribution in [-0.2, 0) is 10.0 Å². The Balaban J connectivity index is 2.73. The van der Waals surface area contributed by atoms with Crippen molar-refractivity contribution in [3.05, 3.63) is 11.9 Å². The number of hydrogen-bond acceptors (Lipinski definition) is 7. The molecule has 1 aromatic rings. The predicted octanol–water partition coefficient (Wildman–Crippen LogP) is -0.153. The fourth-order valence-corrected chi connectivity index (χ4v) is 2.09. The van der Waals surface area contributed by atoms with Crippen LogP contribution in [0.4, 0.5) is 11.6 Å². The van der Waals surface area contributed by atoms with Gasteiger partial charge in [-0.2, -0.15) is 0 Å². The number of nitrogens with one attached hydrogen (secondary N) is 3. The Kier molecular flexibility index (Phi) is 5.45. The van der Waals surface area contributed by atoms with Crippen LogP contribution in [0, 0.1) is 0 Å². The molecule has 0 aromatic carbocycles. The largest absolute Gasteiger partial charge is 0.368 e. The van der Waals surface area contributed by atoms with Gasteiger partial charge in [0, 0.05) is 18.7 Å². The van der Waals surface area contributed by atoms with Gasteiger partial charge >= 0.3 is 0 Å². The lowest BCUT2D eigenvalue weighted by Gasteiger charge is -2.16. The summed E-state index contributed by atoms with van der Waals surface area (Å²) < 4.78 is 24.2. The van der Waals surface area contributed by atoms with Gasteiger partial charge in [-0.05, 0) is 5.92 Å². The van der Waals surface area contributed by atoms with E-state index < -0.39 is 10.0 Å². The zero-order valence-corrected chi connectivity index (χ0v) is 12.1. The molecule has 0 aliphatic heterocycles. The lowest BCUT2D eigenvalue weighted by Crippen LogP contribution is -2.28. The number of rotatable bonds is 7. The highest BCUT2D eigenvalue weighted by Gasteiger charge is 2.13. The maximum absolute atomic E-state index is 10.9. The summed E-state index contributed by atoms with van der Waals surface area (Å²) in [6.07, 6.45) is 2.51. The summed E-state index contributed by atoms with van der Waals surface area (Å²) >= 11 is 0. The maximum Gasteiger partial charge on any atom is 0.208 e. The Labute approximate surface area is 113 Å². The fourth-order valence-electron chi connectivity index (χ4n) is 1.62. The second-order valence-electron chi connectivity index (χ2n) is 4.38. The van der Waals surface area contributed by atoms with Crippen molar-refractivity contribution in [3.8, 4) is 0 Å². The van der Waals surface area contributed by atoms with Crippen molar-refractivity contribution in [3.63, 3.8) is 0 Å². The Hall–Kier alpha value is -1.45. The molecule has 0 radical (unpaired) electrons. The molecule has 0 bridgehead atoms. The molecular formula is C10H20N6O2S. The van der Waals surface area contributed by atoms with Gasteiger partial charge < -0.3 is 10.7 Å². The van der Waals surface area contributed by atoms with Crippen LogP contribution < -0.4 is 21.3 Å². The number of nitrogens with two attached hydrogens (primary N) is 1. The van der Waals surface area contributed by atoms with E-state index in [2.05, 4.69) is 25.4 Å². The minimum absolute atomic E-state index is 0.178. The van der Waals surface area contributed by atoms with Crippen molar-refractivity contribution in [1.29, 1.82) is 0 Å². The van der Waals surface area contributed by atoms with Gasteiger partial charge in [-0.1, -0.05) is 13.8 Å². The smallest absolute Gasteiger partial charge is 0.208 e. The first kappa shape index (κ1) is 15.6. The van der Waals surface area contributed by atoms with E-state index in [4.69, 9.17) is 5.84 Å². The molecule has 8 nitrogen and oxygen atoms in total. The van der Waals surface area contributed by atoms with Gasteiger partial charge in [0.05, 0.1) is 6.26 Å². The van der Waals surface area contributed by atoms with E-state index in [0.717, 1.165) is 11.8 Å². The fraction of sp³-hybridized carbons (Fsp3) is 0.600. The topological polar surface area (TPSA) is 122 Å². The number of aromatic nitrogens is 2. The molecule has 0 unspecified atom stereocenters. The minimum Gasteiger partial charge on any atom is -0.368 e. The van der Waals surface area contributed by atoms with Gasteiger partial charge in [0.1, 0.15) is 18.0 Å². The highest BCUT2D eigenvalue weighted by atomic mass is 32.2. The highest BCUT2D eigenvalue weighted by Crippen LogP contribution is 2.27. The summed E-state index contributed by atoms with van der Waals surface area (Å²) in [6.45, 7) is 4.71. The number of nitrogen functional groups attached to an aromatic ring is 1. The van der Waals surface area contributed by atoms with Crippen molar-refractivity contribution < 1.29 is 8.42 Å². The van der Waals surface area contributed by atoms with Crippen LogP contribution in [0.15, 0.2) is 6.33 Å². The molecule has 0 amide bonds. The molecule has 108 valence electrons. The van der Waals surface area contributed by atoms with Gasteiger partial charge in [0.25, 0.3) is 0 Å². The molecule has 1 aromatic heterocycles. The molecule has 9 heteroatoms. The SMILES string of the molecule is CC(C)c1c(NN)ncnc1NCCNS(C)(=O)=O. The molecule has 0 atom stereocenters. The first-order chi connectivity index (χ1) is 8.85. The van der Waals surface area contributed by atoms with Crippen LogP contribution in [0.2, 0.25) is 0 Å².